The van der Waals surface area contributed by atoms with Crippen molar-refractivity contribution >= 4 is 18.5 Å². The molecule has 3 nitrogen and oxygen atoms in total. The van der Waals surface area contributed by atoms with Gasteiger partial charge in [-0.05, 0) is 23.8 Å². The van der Waals surface area contributed by atoms with Crippen molar-refractivity contribution in [1.82, 2.24) is 5.32 Å². The van der Waals surface area contributed by atoms with E-state index >= 15 is 0 Å². The zero-order chi connectivity index (χ0) is 13.0. The van der Waals surface area contributed by atoms with E-state index < -0.39 is 0 Å². The average Bonchev–Trinajstić information content (AvgIpc) is 2.86. The molecule has 1 heterocycles. The Morgan fingerprint density at radius 3 is 2.67 bits per heavy atom. The molecule has 0 spiro atoms. The van der Waals surface area contributed by atoms with Gasteiger partial charge in [0.2, 0.25) is 0 Å². The van der Waals surface area contributed by atoms with E-state index in [2.05, 4.69) is 17.9 Å². The second-order valence-electron chi connectivity index (χ2n) is 3.65. The van der Waals surface area contributed by atoms with Crippen LogP contribution in [0.5, 0.6) is 0 Å². The molecule has 18 heavy (non-hydrogen) atoms. The van der Waals surface area contributed by atoms with E-state index in [-0.39, 0.29) is 17.5 Å². The fourth-order valence-electron chi connectivity index (χ4n) is 1.59. The highest BCUT2D eigenvalue weighted by Gasteiger charge is 2.16. The van der Waals surface area contributed by atoms with Crippen LogP contribution in [0.15, 0.2) is 41.0 Å². The second kappa shape index (κ2) is 5.73. The number of furan rings is 1. The lowest BCUT2D eigenvalue weighted by atomic mass is 10.1. The maximum absolute atomic E-state index is 12.8. The first-order valence-electron chi connectivity index (χ1n) is 5.45. The summed E-state index contributed by atoms with van der Waals surface area (Å²) in [7, 11) is 0. The van der Waals surface area contributed by atoms with Crippen LogP contribution >= 0.6 is 12.6 Å². The number of carbonyl (C=O) groups excluding carboxylic acids is 1. The van der Waals surface area contributed by atoms with Crippen LogP contribution in [0.4, 0.5) is 4.39 Å². The first-order chi connectivity index (χ1) is 8.72. The van der Waals surface area contributed by atoms with E-state index in [4.69, 9.17) is 4.42 Å². The van der Waals surface area contributed by atoms with Gasteiger partial charge in [-0.15, -0.1) is 0 Å². The zero-order valence-corrected chi connectivity index (χ0v) is 10.4. The largest absolute Gasteiger partial charge is 0.459 e. The SMILES string of the molecule is O=C(NCCS)c1occc1-c1ccc(F)cc1. The summed E-state index contributed by atoms with van der Waals surface area (Å²) in [5, 5.41) is 2.67. The Morgan fingerprint density at radius 2 is 2.00 bits per heavy atom. The molecular formula is C13H12FNO2S. The molecule has 0 atom stereocenters. The zero-order valence-electron chi connectivity index (χ0n) is 9.52. The van der Waals surface area contributed by atoms with E-state index in [1.165, 1.54) is 18.4 Å². The Bertz CT molecular complexity index is 536. The minimum Gasteiger partial charge on any atom is -0.459 e. The number of amides is 1. The van der Waals surface area contributed by atoms with E-state index in [0.717, 1.165) is 5.56 Å². The third-order valence-electron chi connectivity index (χ3n) is 2.42. The van der Waals surface area contributed by atoms with Gasteiger partial charge in [-0.3, -0.25) is 4.79 Å². The van der Waals surface area contributed by atoms with Gasteiger partial charge in [0.25, 0.3) is 5.91 Å². The van der Waals surface area contributed by atoms with Crippen molar-refractivity contribution in [3.63, 3.8) is 0 Å². The van der Waals surface area contributed by atoms with Crippen molar-refractivity contribution in [1.29, 1.82) is 0 Å². The third kappa shape index (κ3) is 2.73. The van der Waals surface area contributed by atoms with Crippen molar-refractivity contribution in [2.75, 3.05) is 12.3 Å². The standard InChI is InChI=1S/C13H12FNO2S/c14-10-3-1-9(2-4-10)11-5-7-17-12(11)13(16)15-6-8-18/h1-5,7,18H,6,8H2,(H,15,16). The van der Waals surface area contributed by atoms with Crippen molar-refractivity contribution in [2.45, 2.75) is 0 Å². The lowest BCUT2D eigenvalue weighted by molar-refractivity contribution is 0.0929. The van der Waals surface area contributed by atoms with Gasteiger partial charge in [0.1, 0.15) is 5.82 Å². The smallest absolute Gasteiger partial charge is 0.287 e. The monoisotopic (exact) mass is 265 g/mol. The van der Waals surface area contributed by atoms with Crippen LogP contribution in [-0.4, -0.2) is 18.2 Å². The van der Waals surface area contributed by atoms with Crippen LogP contribution in [0.2, 0.25) is 0 Å². The van der Waals surface area contributed by atoms with Crippen LogP contribution in [0.25, 0.3) is 11.1 Å². The maximum Gasteiger partial charge on any atom is 0.287 e. The van der Waals surface area contributed by atoms with Crippen LogP contribution in [0.3, 0.4) is 0 Å². The van der Waals surface area contributed by atoms with Crippen molar-refractivity contribution in [3.8, 4) is 11.1 Å². The van der Waals surface area contributed by atoms with Gasteiger partial charge in [-0.2, -0.15) is 12.6 Å². The average molecular weight is 265 g/mol. The molecular weight excluding hydrogens is 253 g/mol. The second-order valence-corrected chi connectivity index (χ2v) is 4.10. The molecule has 5 heteroatoms. The van der Waals surface area contributed by atoms with E-state index in [1.807, 2.05) is 0 Å². The molecule has 0 aliphatic carbocycles. The number of carbonyl (C=O) groups is 1. The first kappa shape index (κ1) is 12.7. The van der Waals surface area contributed by atoms with E-state index in [1.54, 1.807) is 18.2 Å². The number of hydrogen-bond donors (Lipinski definition) is 2. The molecule has 1 amide bonds. The lowest BCUT2D eigenvalue weighted by Gasteiger charge is -2.03. The van der Waals surface area contributed by atoms with E-state index in [0.29, 0.717) is 17.9 Å². The van der Waals surface area contributed by atoms with Gasteiger partial charge in [0.15, 0.2) is 5.76 Å². The number of halogens is 1. The fourth-order valence-corrected chi connectivity index (χ4v) is 1.70. The van der Waals surface area contributed by atoms with Crippen LogP contribution in [-0.2, 0) is 0 Å². The molecule has 1 N–H and O–H groups in total. The molecule has 0 fully saturated rings. The number of nitrogens with one attached hydrogen (secondary N) is 1. The predicted octanol–water partition coefficient (Wildman–Crippen LogP) is 2.75. The van der Waals surface area contributed by atoms with Gasteiger partial charge >= 0.3 is 0 Å². The quantitative estimate of drug-likeness (QED) is 0.835. The molecule has 0 unspecified atom stereocenters. The molecule has 2 rings (SSSR count). The summed E-state index contributed by atoms with van der Waals surface area (Å²) < 4.78 is 18.0. The van der Waals surface area contributed by atoms with Crippen LogP contribution in [0, 0.1) is 5.82 Å². The number of rotatable bonds is 4. The number of benzene rings is 1. The van der Waals surface area contributed by atoms with Gasteiger partial charge in [-0.1, -0.05) is 12.1 Å². The molecule has 1 aromatic carbocycles. The predicted molar refractivity (Wildman–Crippen MR) is 70.3 cm³/mol. The fraction of sp³-hybridized carbons (Fsp3) is 0.154. The van der Waals surface area contributed by atoms with Crippen molar-refractivity contribution in [2.24, 2.45) is 0 Å². The Balaban J connectivity index is 2.27. The molecule has 0 saturated carbocycles. The van der Waals surface area contributed by atoms with E-state index in [9.17, 15) is 9.18 Å². The highest BCUT2D eigenvalue weighted by molar-refractivity contribution is 7.80. The third-order valence-corrected chi connectivity index (χ3v) is 2.65. The summed E-state index contributed by atoms with van der Waals surface area (Å²) in [5.74, 6) is 0.165. The molecule has 0 bridgehead atoms. The number of thiol groups is 1. The Hall–Kier alpha value is -1.75. The highest BCUT2D eigenvalue weighted by atomic mass is 32.1. The minimum atomic E-state index is -0.316. The Labute approximate surface area is 109 Å². The Morgan fingerprint density at radius 1 is 1.28 bits per heavy atom. The highest BCUT2D eigenvalue weighted by Crippen LogP contribution is 2.25. The summed E-state index contributed by atoms with van der Waals surface area (Å²) in [6, 6.07) is 7.59. The molecule has 0 aliphatic rings. The molecule has 94 valence electrons. The summed E-state index contributed by atoms with van der Waals surface area (Å²) >= 11 is 4.01. The Kier molecular flexibility index (Phi) is 4.04. The lowest BCUT2D eigenvalue weighted by Crippen LogP contribution is -2.25. The first-order valence-corrected chi connectivity index (χ1v) is 6.08. The topological polar surface area (TPSA) is 42.2 Å². The molecule has 0 saturated heterocycles. The molecule has 1 aromatic heterocycles. The van der Waals surface area contributed by atoms with Gasteiger partial charge in [-0.25, -0.2) is 4.39 Å². The molecule has 2 aromatic rings. The summed E-state index contributed by atoms with van der Waals surface area (Å²) in [5.41, 5.74) is 1.38. The van der Waals surface area contributed by atoms with Gasteiger partial charge in [0, 0.05) is 17.9 Å². The summed E-state index contributed by atoms with van der Waals surface area (Å²) in [6.07, 6.45) is 1.44. The summed E-state index contributed by atoms with van der Waals surface area (Å²) in [6.45, 7) is 0.464. The summed E-state index contributed by atoms with van der Waals surface area (Å²) in [4.78, 5) is 11.8. The molecule has 0 radical (unpaired) electrons. The van der Waals surface area contributed by atoms with Gasteiger partial charge < -0.3 is 9.73 Å². The van der Waals surface area contributed by atoms with Gasteiger partial charge in [0.05, 0.1) is 6.26 Å². The number of hydrogen-bond acceptors (Lipinski definition) is 3. The van der Waals surface area contributed by atoms with Crippen LogP contribution in [0.1, 0.15) is 10.6 Å². The normalized spacial score (nSPS) is 10.3. The van der Waals surface area contributed by atoms with Crippen LogP contribution < -0.4 is 5.32 Å². The van der Waals surface area contributed by atoms with Crippen molar-refractivity contribution in [3.05, 3.63) is 48.2 Å². The minimum absolute atomic E-state index is 0.225. The van der Waals surface area contributed by atoms with Crippen molar-refractivity contribution < 1.29 is 13.6 Å². The maximum atomic E-state index is 12.8. The molecule has 0 aliphatic heterocycles.